The fraction of sp³-hybridized carbons (Fsp3) is 0.350. The minimum absolute atomic E-state index is 0.00948. The lowest BCUT2D eigenvalue weighted by molar-refractivity contribution is 0.0474. The number of nitrogens with zero attached hydrogens (tertiary/aromatic N) is 1. The Morgan fingerprint density at radius 1 is 1.21 bits per heavy atom. The maximum Gasteiger partial charge on any atom is 0.254 e. The van der Waals surface area contributed by atoms with Crippen LogP contribution in [0.2, 0.25) is 0 Å². The molecule has 2 unspecified atom stereocenters. The van der Waals surface area contributed by atoms with Crippen molar-refractivity contribution in [1.29, 1.82) is 0 Å². The number of rotatable bonds is 4. The third-order valence-corrected chi connectivity index (χ3v) is 4.48. The number of likely N-dealkylation sites (tertiary alicyclic amines) is 1. The minimum atomic E-state index is -0.401. The smallest absolute Gasteiger partial charge is 0.254 e. The number of carbonyl (C=O) groups is 1. The molecule has 2 atom stereocenters. The summed E-state index contributed by atoms with van der Waals surface area (Å²) in [5.41, 5.74) is 2.79. The van der Waals surface area contributed by atoms with Crippen LogP contribution in [0.3, 0.4) is 0 Å². The maximum atomic E-state index is 12.6. The third-order valence-electron chi connectivity index (χ3n) is 4.48. The molecule has 126 valence electrons. The first-order chi connectivity index (χ1) is 11.6. The first-order valence-corrected chi connectivity index (χ1v) is 8.52. The first kappa shape index (κ1) is 16.5. The fourth-order valence-electron chi connectivity index (χ4n) is 3.14. The van der Waals surface area contributed by atoms with Gasteiger partial charge in [-0.1, -0.05) is 36.4 Å². The van der Waals surface area contributed by atoms with Crippen molar-refractivity contribution in [3.63, 3.8) is 0 Å². The van der Waals surface area contributed by atoms with Crippen molar-refractivity contribution in [2.24, 2.45) is 0 Å². The van der Waals surface area contributed by atoms with Gasteiger partial charge in [-0.05, 0) is 43.5 Å². The zero-order valence-corrected chi connectivity index (χ0v) is 14.0. The van der Waals surface area contributed by atoms with Crippen LogP contribution in [0.25, 0.3) is 0 Å². The quantitative estimate of drug-likeness (QED) is 0.905. The molecule has 1 amide bonds. The summed E-state index contributed by atoms with van der Waals surface area (Å²) in [5.74, 6) is -0.00948. The molecule has 1 heterocycles. The van der Waals surface area contributed by atoms with Crippen LogP contribution < -0.4 is 5.32 Å². The van der Waals surface area contributed by atoms with Crippen molar-refractivity contribution in [3.8, 4) is 0 Å². The van der Waals surface area contributed by atoms with E-state index < -0.39 is 6.10 Å². The Labute approximate surface area is 143 Å². The molecule has 0 aromatic heterocycles. The molecule has 0 aliphatic carbocycles. The highest BCUT2D eigenvalue weighted by molar-refractivity contribution is 5.95. The van der Waals surface area contributed by atoms with Crippen LogP contribution in [-0.2, 0) is 0 Å². The number of β-amino-alcohol motifs (C(OH)–C–C–N with tert-alkyl or cyclic N) is 1. The number of anilines is 1. The Hall–Kier alpha value is -2.33. The van der Waals surface area contributed by atoms with Crippen molar-refractivity contribution in [2.45, 2.75) is 31.9 Å². The van der Waals surface area contributed by atoms with Gasteiger partial charge in [0, 0.05) is 30.4 Å². The number of hydrogen-bond donors (Lipinski definition) is 2. The van der Waals surface area contributed by atoms with Crippen LogP contribution in [-0.4, -0.2) is 35.1 Å². The average Bonchev–Trinajstić information content (AvgIpc) is 2.62. The highest BCUT2D eigenvalue weighted by atomic mass is 16.3. The molecule has 0 radical (unpaired) electrons. The topological polar surface area (TPSA) is 52.6 Å². The Balaban J connectivity index is 1.71. The van der Waals surface area contributed by atoms with E-state index in [1.165, 1.54) is 5.56 Å². The first-order valence-electron chi connectivity index (χ1n) is 8.52. The molecule has 2 aromatic carbocycles. The van der Waals surface area contributed by atoms with E-state index in [1.54, 1.807) is 4.90 Å². The second-order valence-corrected chi connectivity index (χ2v) is 6.40. The van der Waals surface area contributed by atoms with Gasteiger partial charge in [0.05, 0.1) is 6.10 Å². The molecule has 0 bridgehead atoms. The summed E-state index contributed by atoms with van der Waals surface area (Å²) >= 11 is 0. The summed E-state index contributed by atoms with van der Waals surface area (Å²) in [6.07, 6.45) is 1.23. The van der Waals surface area contributed by atoms with Gasteiger partial charge in [0.15, 0.2) is 0 Å². The van der Waals surface area contributed by atoms with E-state index in [0.717, 1.165) is 18.5 Å². The van der Waals surface area contributed by atoms with Crippen molar-refractivity contribution >= 4 is 11.6 Å². The van der Waals surface area contributed by atoms with E-state index in [2.05, 4.69) is 24.4 Å². The van der Waals surface area contributed by atoms with Gasteiger partial charge in [0.25, 0.3) is 5.91 Å². The highest BCUT2D eigenvalue weighted by Crippen LogP contribution is 2.21. The van der Waals surface area contributed by atoms with E-state index in [4.69, 9.17) is 0 Å². The predicted octanol–water partition coefficient (Wildman–Crippen LogP) is 3.46. The molecule has 2 N–H and O–H groups in total. The van der Waals surface area contributed by atoms with Gasteiger partial charge in [-0.2, -0.15) is 0 Å². The Kier molecular flexibility index (Phi) is 5.16. The number of hydrogen-bond acceptors (Lipinski definition) is 3. The molecule has 1 aliphatic heterocycles. The highest BCUT2D eigenvalue weighted by Gasteiger charge is 2.23. The van der Waals surface area contributed by atoms with Crippen molar-refractivity contribution in [3.05, 3.63) is 65.7 Å². The van der Waals surface area contributed by atoms with Crippen LogP contribution in [0.1, 0.15) is 41.7 Å². The number of aliphatic hydroxyl groups excluding tert-OH is 1. The summed E-state index contributed by atoms with van der Waals surface area (Å²) < 4.78 is 0. The summed E-state index contributed by atoms with van der Waals surface area (Å²) in [5, 5.41) is 13.2. The molecule has 0 saturated carbocycles. The minimum Gasteiger partial charge on any atom is -0.391 e. The maximum absolute atomic E-state index is 12.6. The van der Waals surface area contributed by atoms with Gasteiger partial charge >= 0.3 is 0 Å². The van der Waals surface area contributed by atoms with Crippen LogP contribution in [0, 0.1) is 0 Å². The number of piperidine rings is 1. The zero-order chi connectivity index (χ0) is 16.9. The monoisotopic (exact) mass is 324 g/mol. The molecule has 2 aromatic rings. The van der Waals surface area contributed by atoms with Crippen LogP contribution in [0.4, 0.5) is 5.69 Å². The van der Waals surface area contributed by atoms with E-state index in [9.17, 15) is 9.90 Å². The van der Waals surface area contributed by atoms with Crippen LogP contribution >= 0.6 is 0 Å². The van der Waals surface area contributed by atoms with Gasteiger partial charge < -0.3 is 15.3 Å². The summed E-state index contributed by atoms with van der Waals surface area (Å²) in [6, 6.07) is 18.0. The summed E-state index contributed by atoms with van der Waals surface area (Å²) in [7, 11) is 0. The van der Waals surface area contributed by atoms with Crippen molar-refractivity contribution < 1.29 is 9.90 Å². The zero-order valence-electron chi connectivity index (χ0n) is 14.0. The number of amides is 1. The standard InChI is InChI=1S/C20H24N2O2/c1-15(16-7-3-2-4-8-16)21-18-10-5-9-17(13-18)20(24)22-12-6-11-19(23)14-22/h2-5,7-10,13,15,19,21,23H,6,11-12,14H2,1H3. The summed E-state index contributed by atoms with van der Waals surface area (Å²) in [6.45, 7) is 3.25. The van der Waals surface area contributed by atoms with E-state index >= 15 is 0 Å². The second kappa shape index (κ2) is 7.49. The SMILES string of the molecule is CC(Nc1cccc(C(=O)N2CCCC(O)C2)c1)c1ccccc1. The Morgan fingerprint density at radius 2 is 2.00 bits per heavy atom. The van der Waals surface area contributed by atoms with Gasteiger partial charge in [-0.25, -0.2) is 0 Å². The molecule has 1 saturated heterocycles. The Bertz CT molecular complexity index is 687. The van der Waals surface area contributed by atoms with Crippen molar-refractivity contribution in [1.82, 2.24) is 4.90 Å². The molecule has 0 spiro atoms. The van der Waals surface area contributed by atoms with Crippen molar-refractivity contribution in [2.75, 3.05) is 18.4 Å². The van der Waals surface area contributed by atoms with Gasteiger partial charge in [-0.15, -0.1) is 0 Å². The van der Waals surface area contributed by atoms with Gasteiger partial charge in [0.1, 0.15) is 0 Å². The number of nitrogens with one attached hydrogen (secondary N) is 1. The van der Waals surface area contributed by atoms with E-state index in [0.29, 0.717) is 18.7 Å². The van der Waals surface area contributed by atoms with E-state index in [-0.39, 0.29) is 11.9 Å². The third kappa shape index (κ3) is 3.95. The number of carbonyl (C=O) groups excluding carboxylic acids is 1. The molecule has 4 heteroatoms. The largest absolute Gasteiger partial charge is 0.391 e. The lowest BCUT2D eigenvalue weighted by atomic mass is 10.1. The second-order valence-electron chi connectivity index (χ2n) is 6.40. The summed E-state index contributed by atoms with van der Waals surface area (Å²) in [4.78, 5) is 14.4. The average molecular weight is 324 g/mol. The number of benzene rings is 2. The Morgan fingerprint density at radius 3 is 2.75 bits per heavy atom. The van der Waals surface area contributed by atoms with Crippen LogP contribution in [0.15, 0.2) is 54.6 Å². The fourth-order valence-corrected chi connectivity index (χ4v) is 3.14. The molecular formula is C20H24N2O2. The molecule has 4 nitrogen and oxygen atoms in total. The molecular weight excluding hydrogens is 300 g/mol. The lowest BCUT2D eigenvalue weighted by Gasteiger charge is -2.30. The van der Waals surface area contributed by atoms with E-state index in [1.807, 2.05) is 42.5 Å². The number of aliphatic hydroxyl groups is 1. The van der Waals surface area contributed by atoms with Gasteiger partial charge in [-0.3, -0.25) is 4.79 Å². The molecule has 3 rings (SSSR count). The lowest BCUT2D eigenvalue weighted by Crippen LogP contribution is -2.42. The normalized spacial score (nSPS) is 18.9. The van der Waals surface area contributed by atoms with Crippen LogP contribution in [0.5, 0.6) is 0 Å². The predicted molar refractivity (Wildman–Crippen MR) is 96.1 cm³/mol. The molecule has 24 heavy (non-hydrogen) atoms. The molecule has 1 fully saturated rings. The van der Waals surface area contributed by atoms with Gasteiger partial charge in [0.2, 0.25) is 0 Å². The molecule has 1 aliphatic rings.